The summed E-state index contributed by atoms with van der Waals surface area (Å²) in [6.07, 6.45) is 5.11. The number of aromatic nitrogens is 3. The molecule has 0 saturated heterocycles. The van der Waals surface area contributed by atoms with E-state index in [0.717, 1.165) is 10.9 Å². The van der Waals surface area contributed by atoms with E-state index in [4.69, 9.17) is 16.3 Å². The SMILES string of the molecule is Cc1ccc(S(=O)(=O)N/N=C/[C@H]2C[C@@H](n3ccc4c(Cl)ncnc43)[C@H](OC(C)(C)O)[C@@H]2C)cc1. The van der Waals surface area contributed by atoms with Gasteiger partial charge in [0.1, 0.15) is 17.1 Å². The topological polar surface area (TPSA) is 119 Å². The third-order valence-electron chi connectivity index (χ3n) is 6.10. The Morgan fingerprint density at radius 3 is 2.65 bits per heavy atom. The van der Waals surface area contributed by atoms with Crippen LogP contribution in [0, 0.1) is 18.8 Å². The molecule has 4 atom stereocenters. The molecule has 2 heterocycles. The Morgan fingerprint density at radius 1 is 1.26 bits per heavy atom. The van der Waals surface area contributed by atoms with E-state index >= 15 is 0 Å². The van der Waals surface area contributed by atoms with Gasteiger partial charge < -0.3 is 14.4 Å². The number of ether oxygens (including phenoxy) is 1. The highest BCUT2D eigenvalue weighted by molar-refractivity contribution is 7.89. The van der Waals surface area contributed by atoms with Crippen molar-refractivity contribution in [1.29, 1.82) is 0 Å². The molecule has 0 radical (unpaired) electrons. The van der Waals surface area contributed by atoms with Gasteiger partial charge in [-0.3, -0.25) is 0 Å². The van der Waals surface area contributed by atoms with Crippen molar-refractivity contribution in [1.82, 2.24) is 19.4 Å². The fourth-order valence-corrected chi connectivity index (χ4v) is 5.37. The van der Waals surface area contributed by atoms with Gasteiger partial charge in [0.05, 0.1) is 22.4 Å². The van der Waals surface area contributed by atoms with Gasteiger partial charge in [-0.25, -0.2) is 14.8 Å². The second kappa shape index (κ2) is 9.26. The number of rotatable bonds is 7. The van der Waals surface area contributed by atoms with E-state index in [9.17, 15) is 13.5 Å². The Balaban J connectivity index is 1.59. The summed E-state index contributed by atoms with van der Waals surface area (Å²) in [5.41, 5.74) is 1.63. The van der Waals surface area contributed by atoms with E-state index in [-0.39, 0.29) is 28.9 Å². The fraction of sp³-hybridized carbons (Fsp3) is 0.435. The Bertz CT molecular complexity index is 1300. The second-order valence-corrected chi connectivity index (χ2v) is 11.2. The minimum atomic E-state index is -3.77. The van der Waals surface area contributed by atoms with Crippen molar-refractivity contribution in [2.45, 2.75) is 56.9 Å². The number of sulfonamides is 1. The number of aryl methyl sites for hydroxylation is 1. The van der Waals surface area contributed by atoms with Gasteiger partial charge in [0.15, 0.2) is 5.79 Å². The van der Waals surface area contributed by atoms with Crippen LogP contribution < -0.4 is 4.83 Å². The highest BCUT2D eigenvalue weighted by atomic mass is 35.5. The summed E-state index contributed by atoms with van der Waals surface area (Å²) in [4.78, 5) is 10.9. The molecule has 34 heavy (non-hydrogen) atoms. The van der Waals surface area contributed by atoms with Gasteiger partial charge in [-0.05, 0) is 51.3 Å². The fourth-order valence-electron chi connectivity index (χ4n) is 4.38. The van der Waals surface area contributed by atoms with Gasteiger partial charge in [-0.2, -0.15) is 13.5 Å². The number of hydrogen-bond acceptors (Lipinski definition) is 7. The van der Waals surface area contributed by atoms with E-state index in [0.29, 0.717) is 17.2 Å². The summed E-state index contributed by atoms with van der Waals surface area (Å²) >= 11 is 6.23. The Hall–Kier alpha value is -2.53. The van der Waals surface area contributed by atoms with Crippen LogP contribution in [0.4, 0.5) is 0 Å². The number of hydrogen-bond donors (Lipinski definition) is 2. The molecule has 4 rings (SSSR count). The first kappa shape index (κ1) is 24.6. The number of nitrogens with zero attached hydrogens (tertiary/aromatic N) is 4. The maximum Gasteiger partial charge on any atom is 0.276 e. The van der Waals surface area contributed by atoms with Crippen molar-refractivity contribution in [3.8, 4) is 0 Å². The summed E-state index contributed by atoms with van der Waals surface area (Å²) < 4.78 is 33.1. The molecule has 1 fully saturated rings. The summed E-state index contributed by atoms with van der Waals surface area (Å²) in [7, 11) is -3.77. The van der Waals surface area contributed by atoms with Gasteiger partial charge in [-0.1, -0.05) is 36.2 Å². The third kappa shape index (κ3) is 5.10. The van der Waals surface area contributed by atoms with Crippen molar-refractivity contribution in [2.75, 3.05) is 0 Å². The zero-order chi connectivity index (χ0) is 24.7. The lowest BCUT2D eigenvalue weighted by molar-refractivity contribution is -0.218. The average Bonchev–Trinajstić information content (AvgIpc) is 3.30. The van der Waals surface area contributed by atoms with Crippen molar-refractivity contribution >= 4 is 38.9 Å². The molecule has 0 spiro atoms. The Morgan fingerprint density at radius 2 is 1.97 bits per heavy atom. The average molecular weight is 506 g/mol. The molecule has 1 aromatic carbocycles. The summed E-state index contributed by atoms with van der Waals surface area (Å²) in [6, 6.07) is 8.21. The molecule has 3 aromatic rings. The Kier molecular flexibility index (Phi) is 6.69. The molecule has 0 unspecified atom stereocenters. The molecule has 2 aromatic heterocycles. The number of nitrogens with one attached hydrogen (secondary N) is 1. The van der Waals surface area contributed by atoms with Gasteiger partial charge in [0, 0.05) is 18.3 Å². The van der Waals surface area contributed by atoms with Crippen LogP contribution in [0.2, 0.25) is 5.15 Å². The molecule has 11 heteroatoms. The highest BCUT2D eigenvalue weighted by Gasteiger charge is 2.44. The predicted molar refractivity (Wildman–Crippen MR) is 130 cm³/mol. The molecular formula is C23H28ClN5O4S. The Labute approximate surface area is 203 Å². The van der Waals surface area contributed by atoms with Crippen LogP contribution in [-0.2, 0) is 14.8 Å². The summed E-state index contributed by atoms with van der Waals surface area (Å²) in [5, 5.41) is 15.5. The molecule has 182 valence electrons. The van der Waals surface area contributed by atoms with Gasteiger partial charge >= 0.3 is 0 Å². The van der Waals surface area contributed by atoms with Crippen LogP contribution in [0.3, 0.4) is 0 Å². The number of hydrazone groups is 1. The third-order valence-corrected chi connectivity index (χ3v) is 7.64. The van der Waals surface area contributed by atoms with Crippen LogP contribution in [0.25, 0.3) is 11.0 Å². The quantitative estimate of drug-likeness (QED) is 0.219. The molecule has 0 aliphatic heterocycles. The molecular weight excluding hydrogens is 478 g/mol. The molecule has 2 N–H and O–H groups in total. The first-order valence-corrected chi connectivity index (χ1v) is 12.8. The van der Waals surface area contributed by atoms with E-state index in [2.05, 4.69) is 19.9 Å². The van der Waals surface area contributed by atoms with Crippen molar-refractivity contribution in [3.63, 3.8) is 0 Å². The number of aliphatic hydroxyl groups is 1. The standard InChI is InChI=1S/C23H28ClN5O4S/c1-14-5-7-17(8-6-14)34(31,32)28-27-12-16-11-19(20(15(16)2)33-23(3,4)30)29-10-9-18-21(24)25-13-26-22(18)29/h5-10,12-13,15-16,19-20,28,30H,11H2,1-4H3/b27-12+/t15-,16-,19-,20-/m1/s1. The molecule has 1 aliphatic carbocycles. The molecule has 0 amide bonds. The van der Waals surface area contributed by atoms with E-state index in [1.807, 2.05) is 30.7 Å². The van der Waals surface area contributed by atoms with E-state index in [1.165, 1.54) is 6.33 Å². The smallest absolute Gasteiger partial charge is 0.276 e. The zero-order valence-electron chi connectivity index (χ0n) is 19.4. The maximum absolute atomic E-state index is 12.6. The lowest BCUT2D eigenvalue weighted by atomic mass is 9.98. The molecule has 0 bridgehead atoms. The molecule has 9 nitrogen and oxygen atoms in total. The van der Waals surface area contributed by atoms with Crippen LogP contribution in [-0.4, -0.2) is 46.2 Å². The summed E-state index contributed by atoms with van der Waals surface area (Å²) in [6.45, 7) is 7.05. The van der Waals surface area contributed by atoms with Gasteiger partial charge in [0.2, 0.25) is 0 Å². The minimum Gasteiger partial charge on any atom is -0.366 e. The van der Waals surface area contributed by atoms with Crippen LogP contribution >= 0.6 is 11.6 Å². The molecule has 1 aliphatic rings. The largest absolute Gasteiger partial charge is 0.366 e. The van der Waals surface area contributed by atoms with Crippen LogP contribution in [0.1, 0.15) is 38.8 Å². The predicted octanol–water partition coefficient (Wildman–Crippen LogP) is 3.67. The second-order valence-electron chi connectivity index (χ2n) is 9.17. The lowest BCUT2D eigenvalue weighted by Gasteiger charge is -2.31. The molecule has 1 saturated carbocycles. The van der Waals surface area contributed by atoms with Crippen molar-refractivity contribution < 1.29 is 18.3 Å². The summed E-state index contributed by atoms with van der Waals surface area (Å²) in [5.74, 6) is -1.54. The van der Waals surface area contributed by atoms with E-state index in [1.54, 1.807) is 44.3 Å². The monoisotopic (exact) mass is 505 g/mol. The lowest BCUT2D eigenvalue weighted by Crippen LogP contribution is -2.36. The van der Waals surface area contributed by atoms with Gasteiger partial charge in [-0.15, -0.1) is 0 Å². The number of fused-ring (bicyclic) bond motifs is 1. The normalized spacial score (nSPS) is 23.7. The highest BCUT2D eigenvalue weighted by Crippen LogP contribution is 2.43. The number of benzene rings is 1. The minimum absolute atomic E-state index is 0.0705. The van der Waals surface area contributed by atoms with Crippen molar-refractivity contribution in [3.05, 3.63) is 53.6 Å². The first-order chi connectivity index (χ1) is 16.0. The van der Waals surface area contributed by atoms with Crippen LogP contribution in [0.15, 0.2) is 52.9 Å². The van der Waals surface area contributed by atoms with E-state index < -0.39 is 15.8 Å². The van der Waals surface area contributed by atoms with Crippen molar-refractivity contribution in [2.24, 2.45) is 16.9 Å². The maximum atomic E-state index is 12.6. The van der Waals surface area contributed by atoms with Gasteiger partial charge in [0.25, 0.3) is 10.0 Å². The van der Waals surface area contributed by atoms with Crippen LogP contribution in [0.5, 0.6) is 0 Å². The number of halogens is 1. The zero-order valence-corrected chi connectivity index (χ0v) is 21.0. The first-order valence-electron chi connectivity index (χ1n) is 10.9.